The summed E-state index contributed by atoms with van der Waals surface area (Å²) in [5.41, 5.74) is 7.22. The van der Waals surface area contributed by atoms with Gasteiger partial charge in [-0.15, -0.1) is 0 Å². The van der Waals surface area contributed by atoms with Crippen LogP contribution >= 0.6 is 0 Å². The number of hydrogen-bond donors (Lipinski definition) is 1. The molecule has 0 saturated heterocycles. The Kier molecular flexibility index (Phi) is 3.23. The minimum Gasteiger partial charge on any atom is -0.494 e. The number of hydrogen-bond acceptors (Lipinski definition) is 6. The number of nitrogens with two attached hydrogens (primary N) is 1. The molecule has 2 heterocycles. The number of nitrogens with zero attached hydrogens (tertiary/aromatic N) is 3. The van der Waals surface area contributed by atoms with Gasteiger partial charge in [0, 0.05) is 11.8 Å². The van der Waals surface area contributed by atoms with Crippen molar-refractivity contribution in [1.82, 2.24) is 15.1 Å². The van der Waals surface area contributed by atoms with Crippen LogP contribution in [0.2, 0.25) is 0 Å². The Morgan fingerprint density at radius 2 is 2.14 bits per heavy atom. The van der Waals surface area contributed by atoms with Gasteiger partial charge in [0.1, 0.15) is 0 Å². The van der Waals surface area contributed by atoms with Crippen molar-refractivity contribution in [1.29, 1.82) is 0 Å². The third-order valence-corrected chi connectivity index (χ3v) is 2.88. The van der Waals surface area contributed by atoms with E-state index in [1.54, 1.807) is 18.3 Å². The number of benzene rings is 1. The molecule has 0 spiro atoms. The summed E-state index contributed by atoms with van der Waals surface area (Å²) in [5, 5.41) is 3.85. The van der Waals surface area contributed by atoms with Gasteiger partial charge in [0.25, 0.3) is 5.89 Å². The average Bonchev–Trinajstić information content (AvgIpc) is 2.98. The Morgan fingerprint density at radius 3 is 2.90 bits per heavy atom. The Bertz CT molecular complexity index is 788. The molecule has 0 aliphatic carbocycles. The Balaban J connectivity index is 2.01. The summed E-state index contributed by atoms with van der Waals surface area (Å²) in [6, 6.07) is 7.70. The van der Waals surface area contributed by atoms with Crippen LogP contribution in [0.3, 0.4) is 0 Å². The third kappa shape index (κ3) is 2.40. The lowest BCUT2D eigenvalue weighted by molar-refractivity contribution is 0.386. The predicted molar refractivity (Wildman–Crippen MR) is 73.9 cm³/mol. The first kappa shape index (κ1) is 13.0. The SMILES string of the molecule is COc1cc(-c2noc(-c3ncccc3N)n2)ccc1F. The molecule has 0 atom stereocenters. The normalized spacial score (nSPS) is 10.6. The monoisotopic (exact) mass is 286 g/mol. The van der Waals surface area contributed by atoms with Gasteiger partial charge < -0.3 is 15.0 Å². The highest BCUT2D eigenvalue weighted by molar-refractivity contribution is 5.67. The molecule has 21 heavy (non-hydrogen) atoms. The fourth-order valence-corrected chi connectivity index (χ4v) is 1.83. The van der Waals surface area contributed by atoms with Crippen LogP contribution in [0.15, 0.2) is 41.1 Å². The topological polar surface area (TPSA) is 87.1 Å². The van der Waals surface area contributed by atoms with E-state index in [0.29, 0.717) is 22.8 Å². The van der Waals surface area contributed by atoms with Crippen molar-refractivity contribution in [3.63, 3.8) is 0 Å². The molecule has 2 N–H and O–H groups in total. The summed E-state index contributed by atoms with van der Waals surface area (Å²) < 4.78 is 23.5. The number of nitrogen functional groups attached to an aromatic ring is 1. The third-order valence-electron chi connectivity index (χ3n) is 2.88. The number of methoxy groups -OCH3 is 1. The number of ether oxygens (including phenoxy) is 1. The van der Waals surface area contributed by atoms with Crippen LogP contribution in [0.25, 0.3) is 23.0 Å². The molecule has 0 amide bonds. The van der Waals surface area contributed by atoms with E-state index in [4.69, 9.17) is 15.0 Å². The lowest BCUT2D eigenvalue weighted by Gasteiger charge is -2.02. The fraction of sp³-hybridized carbons (Fsp3) is 0.0714. The molecule has 0 fully saturated rings. The number of halogens is 1. The average molecular weight is 286 g/mol. The van der Waals surface area contributed by atoms with Gasteiger partial charge in [-0.25, -0.2) is 9.37 Å². The summed E-state index contributed by atoms with van der Waals surface area (Å²) >= 11 is 0. The van der Waals surface area contributed by atoms with Crippen LogP contribution < -0.4 is 10.5 Å². The molecule has 0 bridgehead atoms. The second-order valence-corrected chi connectivity index (χ2v) is 4.21. The van der Waals surface area contributed by atoms with E-state index in [1.165, 1.54) is 25.3 Å². The molecule has 7 heteroatoms. The zero-order chi connectivity index (χ0) is 14.8. The molecule has 0 unspecified atom stereocenters. The van der Waals surface area contributed by atoms with Crippen molar-refractivity contribution in [2.75, 3.05) is 12.8 Å². The van der Waals surface area contributed by atoms with Gasteiger partial charge in [-0.2, -0.15) is 4.98 Å². The molecule has 3 rings (SSSR count). The molecular formula is C14H11FN4O2. The van der Waals surface area contributed by atoms with Crippen molar-refractivity contribution in [2.24, 2.45) is 0 Å². The number of pyridine rings is 1. The van der Waals surface area contributed by atoms with Gasteiger partial charge in [-0.05, 0) is 30.3 Å². The summed E-state index contributed by atoms with van der Waals surface area (Å²) in [4.78, 5) is 8.32. The molecular weight excluding hydrogens is 275 g/mol. The zero-order valence-corrected chi connectivity index (χ0v) is 11.1. The summed E-state index contributed by atoms with van der Waals surface area (Å²) in [7, 11) is 1.39. The minimum absolute atomic E-state index is 0.108. The molecule has 0 aliphatic heterocycles. The van der Waals surface area contributed by atoms with Gasteiger partial charge >= 0.3 is 0 Å². The van der Waals surface area contributed by atoms with E-state index in [0.717, 1.165) is 0 Å². The van der Waals surface area contributed by atoms with Gasteiger partial charge in [0.2, 0.25) is 5.82 Å². The first-order chi connectivity index (χ1) is 10.2. The summed E-state index contributed by atoms with van der Waals surface area (Å²) in [6.45, 7) is 0. The minimum atomic E-state index is -0.459. The number of anilines is 1. The smallest absolute Gasteiger partial charge is 0.278 e. The molecule has 2 aromatic heterocycles. The van der Waals surface area contributed by atoms with Gasteiger partial charge in [0.15, 0.2) is 17.3 Å². The lowest BCUT2D eigenvalue weighted by atomic mass is 10.2. The Hall–Kier alpha value is -2.96. The molecule has 0 aliphatic rings. The molecule has 0 radical (unpaired) electrons. The highest BCUT2D eigenvalue weighted by Crippen LogP contribution is 2.27. The van der Waals surface area contributed by atoms with Gasteiger partial charge in [0.05, 0.1) is 12.8 Å². The van der Waals surface area contributed by atoms with E-state index < -0.39 is 5.82 Å². The van der Waals surface area contributed by atoms with Crippen molar-refractivity contribution in [3.8, 4) is 28.7 Å². The zero-order valence-electron chi connectivity index (χ0n) is 11.1. The van der Waals surface area contributed by atoms with Crippen LogP contribution in [0, 0.1) is 5.82 Å². The molecule has 0 saturated carbocycles. The second kappa shape index (κ2) is 5.20. The van der Waals surface area contributed by atoms with Crippen molar-refractivity contribution < 1.29 is 13.7 Å². The Morgan fingerprint density at radius 1 is 1.29 bits per heavy atom. The number of aromatic nitrogens is 3. The van der Waals surface area contributed by atoms with E-state index in [1.807, 2.05) is 0 Å². The molecule has 1 aromatic carbocycles. The first-order valence-corrected chi connectivity index (χ1v) is 6.07. The van der Waals surface area contributed by atoms with Gasteiger partial charge in [-0.3, -0.25) is 0 Å². The van der Waals surface area contributed by atoms with Crippen LogP contribution in [-0.2, 0) is 0 Å². The number of rotatable bonds is 3. The maximum absolute atomic E-state index is 13.4. The van der Waals surface area contributed by atoms with Crippen LogP contribution in [-0.4, -0.2) is 22.2 Å². The van der Waals surface area contributed by atoms with E-state index >= 15 is 0 Å². The van der Waals surface area contributed by atoms with Crippen molar-refractivity contribution in [2.45, 2.75) is 0 Å². The fourth-order valence-electron chi connectivity index (χ4n) is 1.83. The van der Waals surface area contributed by atoms with Crippen LogP contribution in [0.4, 0.5) is 10.1 Å². The van der Waals surface area contributed by atoms with Gasteiger partial charge in [-0.1, -0.05) is 5.16 Å². The lowest BCUT2D eigenvalue weighted by Crippen LogP contribution is -1.92. The summed E-state index contributed by atoms with van der Waals surface area (Å²) in [5.74, 6) is 0.148. The maximum Gasteiger partial charge on any atom is 0.278 e. The standard InChI is InChI=1S/C14H11FN4O2/c1-20-11-7-8(4-5-9(11)15)13-18-14(21-19-13)12-10(16)3-2-6-17-12/h2-7H,16H2,1H3. The second-order valence-electron chi connectivity index (χ2n) is 4.21. The maximum atomic E-state index is 13.4. The summed E-state index contributed by atoms with van der Waals surface area (Å²) in [6.07, 6.45) is 1.58. The highest BCUT2D eigenvalue weighted by atomic mass is 19.1. The Labute approximate surface area is 119 Å². The highest BCUT2D eigenvalue weighted by Gasteiger charge is 2.15. The van der Waals surface area contributed by atoms with E-state index in [2.05, 4.69) is 15.1 Å². The van der Waals surface area contributed by atoms with Crippen molar-refractivity contribution in [3.05, 3.63) is 42.3 Å². The van der Waals surface area contributed by atoms with Crippen LogP contribution in [0.5, 0.6) is 5.75 Å². The quantitative estimate of drug-likeness (QED) is 0.796. The van der Waals surface area contributed by atoms with Crippen LogP contribution in [0.1, 0.15) is 0 Å². The molecule has 6 nitrogen and oxygen atoms in total. The van der Waals surface area contributed by atoms with E-state index in [-0.39, 0.29) is 11.6 Å². The largest absolute Gasteiger partial charge is 0.494 e. The molecule has 106 valence electrons. The van der Waals surface area contributed by atoms with E-state index in [9.17, 15) is 4.39 Å². The first-order valence-electron chi connectivity index (χ1n) is 6.07. The van der Waals surface area contributed by atoms with Crippen molar-refractivity contribution >= 4 is 5.69 Å². The predicted octanol–water partition coefficient (Wildman–Crippen LogP) is 2.53. The molecule has 3 aromatic rings.